The quantitative estimate of drug-likeness (QED) is 0.708. The Kier molecular flexibility index (Phi) is 5.53. The van der Waals surface area contributed by atoms with Crippen LogP contribution >= 0.6 is 0 Å². The van der Waals surface area contributed by atoms with E-state index < -0.39 is 11.7 Å². The summed E-state index contributed by atoms with van der Waals surface area (Å²) in [4.78, 5) is 22.4. The minimum Gasteiger partial charge on any atom is -0.363 e. The van der Waals surface area contributed by atoms with Crippen LogP contribution in [0.4, 0.5) is 19.0 Å². The van der Waals surface area contributed by atoms with E-state index >= 15 is 0 Å². The van der Waals surface area contributed by atoms with Gasteiger partial charge in [0.05, 0.1) is 23.0 Å². The normalized spacial score (nSPS) is 11.4. The number of anilines is 1. The van der Waals surface area contributed by atoms with Gasteiger partial charge in [-0.25, -0.2) is 14.6 Å². The summed E-state index contributed by atoms with van der Waals surface area (Å²) in [5.74, 6) is 0.650. The van der Waals surface area contributed by atoms with Gasteiger partial charge in [0.25, 0.3) is 5.91 Å². The molecule has 0 atom stereocenters. The van der Waals surface area contributed by atoms with Crippen molar-refractivity contribution in [2.75, 3.05) is 19.0 Å². The predicted octanol–water partition coefficient (Wildman–Crippen LogP) is 2.99. The third kappa shape index (κ3) is 4.53. The maximum Gasteiger partial charge on any atom is 0.417 e. The van der Waals surface area contributed by atoms with E-state index in [1.54, 1.807) is 13.1 Å². The zero-order valence-electron chi connectivity index (χ0n) is 16.0. The summed E-state index contributed by atoms with van der Waals surface area (Å²) in [6, 6.07) is 5.85. The molecule has 3 aromatic heterocycles. The lowest BCUT2D eigenvalue weighted by molar-refractivity contribution is -0.137. The van der Waals surface area contributed by atoms with Gasteiger partial charge in [-0.3, -0.25) is 4.79 Å². The van der Waals surface area contributed by atoms with Crippen molar-refractivity contribution in [3.8, 4) is 5.82 Å². The van der Waals surface area contributed by atoms with Gasteiger partial charge in [0.2, 0.25) is 0 Å². The number of aromatic nitrogens is 4. The Labute approximate surface area is 165 Å². The summed E-state index contributed by atoms with van der Waals surface area (Å²) in [7, 11) is 3.77. The molecule has 0 saturated heterocycles. The molecule has 0 aliphatic heterocycles. The fourth-order valence-corrected chi connectivity index (χ4v) is 2.61. The molecule has 3 aromatic rings. The number of carbonyl (C=O) groups is 1. The zero-order valence-corrected chi connectivity index (χ0v) is 16.0. The monoisotopic (exact) mass is 404 g/mol. The van der Waals surface area contributed by atoms with E-state index in [-0.39, 0.29) is 18.3 Å². The average Bonchev–Trinajstić information content (AvgIpc) is 3.07. The Morgan fingerprint density at radius 3 is 2.41 bits per heavy atom. The van der Waals surface area contributed by atoms with Crippen LogP contribution in [-0.4, -0.2) is 39.8 Å². The molecule has 0 bridgehead atoms. The molecule has 29 heavy (non-hydrogen) atoms. The number of nitrogens with one attached hydrogen (secondary N) is 1. The molecule has 0 saturated carbocycles. The van der Waals surface area contributed by atoms with Crippen molar-refractivity contribution in [1.29, 1.82) is 0 Å². The molecule has 3 heterocycles. The van der Waals surface area contributed by atoms with Crippen LogP contribution in [0, 0.1) is 6.92 Å². The Morgan fingerprint density at radius 2 is 1.86 bits per heavy atom. The molecule has 152 valence electrons. The van der Waals surface area contributed by atoms with Gasteiger partial charge < -0.3 is 10.2 Å². The highest BCUT2D eigenvalue weighted by Gasteiger charge is 2.30. The SMILES string of the molecule is Cc1c(C(=O)NCc2ccc(N(C)C)nc2)cnn1-c1ccc(C(F)(F)F)cn1. The molecular formula is C19H19F3N6O. The van der Waals surface area contributed by atoms with Gasteiger partial charge in [0, 0.05) is 33.0 Å². The van der Waals surface area contributed by atoms with Crippen molar-refractivity contribution in [3.63, 3.8) is 0 Å². The van der Waals surface area contributed by atoms with Crippen LogP contribution in [0.25, 0.3) is 5.82 Å². The van der Waals surface area contributed by atoms with Crippen LogP contribution in [0.3, 0.4) is 0 Å². The fraction of sp³-hybridized carbons (Fsp3) is 0.263. The number of rotatable bonds is 5. The van der Waals surface area contributed by atoms with Crippen LogP contribution in [0.15, 0.2) is 42.9 Å². The Hall–Kier alpha value is -3.43. The van der Waals surface area contributed by atoms with E-state index in [1.807, 2.05) is 31.1 Å². The summed E-state index contributed by atoms with van der Waals surface area (Å²) in [6.07, 6.45) is -0.689. The zero-order chi connectivity index (χ0) is 21.2. The molecule has 0 aliphatic rings. The largest absolute Gasteiger partial charge is 0.417 e. The number of alkyl halides is 3. The predicted molar refractivity (Wildman–Crippen MR) is 101 cm³/mol. The van der Waals surface area contributed by atoms with Gasteiger partial charge in [0.15, 0.2) is 5.82 Å². The Morgan fingerprint density at radius 1 is 1.10 bits per heavy atom. The molecule has 1 amide bonds. The second-order valence-corrected chi connectivity index (χ2v) is 6.56. The number of amides is 1. The van der Waals surface area contributed by atoms with Gasteiger partial charge >= 0.3 is 6.18 Å². The molecule has 7 nitrogen and oxygen atoms in total. The molecule has 1 N–H and O–H groups in total. The van der Waals surface area contributed by atoms with E-state index in [1.165, 1.54) is 16.9 Å². The van der Waals surface area contributed by atoms with Crippen LogP contribution in [0.1, 0.15) is 27.2 Å². The van der Waals surface area contributed by atoms with E-state index in [0.717, 1.165) is 23.6 Å². The second kappa shape index (κ2) is 7.90. The number of hydrogen-bond acceptors (Lipinski definition) is 5. The first kappa shape index (κ1) is 20.3. The number of pyridine rings is 2. The highest BCUT2D eigenvalue weighted by molar-refractivity contribution is 5.95. The number of nitrogens with zero attached hydrogens (tertiary/aromatic N) is 5. The minimum absolute atomic E-state index is 0.193. The second-order valence-electron chi connectivity index (χ2n) is 6.56. The fourth-order valence-electron chi connectivity index (χ4n) is 2.61. The molecule has 10 heteroatoms. The van der Waals surface area contributed by atoms with Gasteiger partial charge in [-0.2, -0.15) is 18.3 Å². The molecule has 0 radical (unpaired) electrons. The smallest absolute Gasteiger partial charge is 0.363 e. The maximum atomic E-state index is 12.7. The molecule has 0 aliphatic carbocycles. The van der Waals surface area contributed by atoms with Gasteiger partial charge in [-0.15, -0.1) is 0 Å². The van der Waals surface area contributed by atoms with Crippen molar-refractivity contribution in [3.05, 3.63) is 65.2 Å². The summed E-state index contributed by atoms with van der Waals surface area (Å²) in [5, 5.41) is 6.86. The van der Waals surface area contributed by atoms with Crippen molar-refractivity contribution in [1.82, 2.24) is 25.1 Å². The Bertz CT molecular complexity index is 994. The molecule has 3 rings (SSSR count). The standard InChI is InChI=1S/C19H19F3N6O/c1-12-15(18(29)25-9-13-4-6-16(23-8-13)27(2)3)11-26-28(12)17-7-5-14(10-24-17)19(20,21)22/h4-8,10-11H,9H2,1-3H3,(H,25,29). The summed E-state index contributed by atoms with van der Waals surface area (Å²) in [6.45, 7) is 1.93. The highest BCUT2D eigenvalue weighted by atomic mass is 19.4. The van der Waals surface area contributed by atoms with E-state index in [2.05, 4.69) is 20.4 Å². The first-order valence-corrected chi connectivity index (χ1v) is 8.65. The first-order valence-electron chi connectivity index (χ1n) is 8.65. The minimum atomic E-state index is -4.46. The van der Waals surface area contributed by atoms with Crippen LogP contribution in [-0.2, 0) is 12.7 Å². The van der Waals surface area contributed by atoms with E-state index in [4.69, 9.17) is 0 Å². The maximum absolute atomic E-state index is 12.7. The summed E-state index contributed by atoms with van der Waals surface area (Å²) >= 11 is 0. The number of hydrogen-bond donors (Lipinski definition) is 1. The van der Waals surface area contributed by atoms with Crippen LogP contribution < -0.4 is 10.2 Å². The summed E-state index contributed by atoms with van der Waals surface area (Å²) in [5.41, 5.74) is 0.761. The van der Waals surface area contributed by atoms with Gasteiger partial charge in [-0.05, 0) is 30.7 Å². The van der Waals surface area contributed by atoms with Crippen LogP contribution in [0.2, 0.25) is 0 Å². The number of carbonyl (C=O) groups excluding carboxylic acids is 1. The van der Waals surface area contributed by atoms with Crippen molar-refractivity contribution >= 4 is 11.7 Å². The lowest BCUT2D eigenvalue weighted by Crippen LogP contribution is -2.23. The van der Waals surface area contributed by atoms with Gasteiger partial charge in [-0.1, -0.05) is 6.07 Å². The lowest BCUT2D eigenvalue weighted by atomic mass is 10.2. The molecule has 0 spiro atoms. The highest BCUT2D eigenvalue weighted by Crippen LogP contribution is 2.28. The van der Waals surface area contributed by atoms with E-state index in [0.29, 0.717) is 11.3 Å². The van der Waals surface area contributed by atoms with Crippen molar-refractivity contribution in [2.24, 2.45) is 0 Å². The summed E-state index contributed by atoms with van der Waals surface area (Å²) < 4.78 is 39.3. The van der Waals surface area contributed by atoms with Crippen molar-refractivity contribution in [2.45, 2.75) is 19.6 Å². The number of halogens is 3. The van der Waals surface area contributed by atoms with Crippen molar-refractivity contribution < 1.29 is 18.0 Å². The topological polar surface area (TPSA) is 75.9 Å². The molecule has 0 unspecified atom stereocenters. The van der Waals surface area contributed by atoms with Gasteiger partial charge in [0.1, 0.15) is 5.82 Å². The Balaban J connectivity index is 1.70. The van der Waals surface area contributed by atoms with E-state index in [9.17, 15) is 18.0 Å². The third-order valence-electron chi connectivity index (χ3n) is 4.27. The first-order chi connectivity index (χ1) is 13.7. The van der Waals surface area contributed by atoms with Crippen LogP contribution in [0.5, 0.6) is 0 Å². The average molecular weight is 404 g/mol. The molecule has 0 aromatic carbocycles. The third-order valence-corrected chi connectivity index (χ3v) is 4.27. The lowest BCUT2D eigenvalue weighted by Gasteiger charge is -2.11. The molecule has 0 fully saturated rings. The molecular weight excluding hydrogens is 385 g/mol.